The minimum Gasteiger partial charge on any atom is -0.0619 e. The zero-order valence-corrected chi connectivity index (χ0v) is 37.4. The maximum absolute atomic E-state index is 2.69. The highest BCUT2D eigenvalue weighted by Gasteiger charge is 2.50. The van der Waals surface area contributed by atoms with E-state index in [9.17, 15) is 0 Å². The average molecular weight is 803 g/mol. The molecule has 0 nitrogen and oxygen atoms in total. The number of benzene rings is 9. The summed E-state index contributed by atoms with van der Waals surface area (Å²) in [6.07, 6.45) is 0. The molecule has 63 heavy (non-hydrogen) atoms. The molecule has 0 bridgehead atoms. The van der Waals surface area contributed by atoms with Gasteiger partial charge in [0.05, 0.1) is 0 Å². The van der Waals surface area contributed by atoms with Crippen LogP contribution in [0.3, 0.4) is 0 Å². The van der Waals surface area contributed by atoms with Crippen molar-refractivity contribution in [2.75, 3.05) is 0 Å². The van der Waals surface area contributed by atoms with Crippen molar-refractivity contribution < 1.29 is 0 Å². The van der Waals surface area contributed by atoms with Crippen LogP contribution in [-0.4, -0.2) is 6.71 Å². The second-order valence-corrected chi connectivity index (χ2v) is 21.9. The van der Waals surface area contributed by atoms with Gasteiger partial charge in [0.25, 0.3) is 0 Å². The van der Waals surface area contributed by atoms with E-state index in [2.05, 4.69) is 195 Å². The summed E-state index contributed by atoms with van der Waals surface area (Å²) in [5, 5.41) is 5.80. The minimum absolute atomic E-state index is 0.0680. The molecule has 15 rings (SSSR count). The average Bonchev–Trinajstić information content (AvgIpc) is 3.85. The monoisotopic (exact) mass is 802 g/mol. The van der Waals surface area contributed by atoms with Crippen molar-refractivity contribution >= 4 is 44.6 Å². The number of rotatable bonds is 0. The largest absolute Gasteiger partial charge is 0.244 e. The van der Waals surface area contributed by atoms with Gasteiger partial charge in [0.15, 0.2) is 0 Å². The van der Waals surface area contributed by atoms with E-state index in [1.165, 1.54) is 149 Å². The Morgan fingerprint density at radius 1 is 0.302 bits per heavy atom. The summed E-state index contributed by atoms with van der Waals surface area (Å²) in [7, 11) is 0. The molecule has 1 heteroatoms. The summed E-state index contributed by atoms with van der Waals surface area (Å²) in [5.74, 6) is 0. The van der Waals surface area contributed by atoms with Crippen LogP contribution in [0.4, 0.5) is 0 Å². The van der Waals surface area contributed by atoms with Crippen LogP contribution in [0.2, 0.25) is 0 Å². The van der Waals surface area contributed by atoms with E-state index in [1.807, 2.05) is 0 Å². The van der Waals surface area contributed by atoms with E-state index in [1.54, 1.807) is 0 Å². The van der Waals surface area contributed by atoms with Gasteiger partial charge in [-0.1, -0.05) is 199 Å². The van der Waals surface area contributed by atoms with Crippen LogP contribution in [-0.2, 0) is 21.7 Å². The SMILES string of the molecule is CC1(C)c2ccccc2-c2cc3c4c(cc5c3c(c21)-c1cccc2c1B5c1cc3c(c5cc6c(c-2c15)C(C)(C)c1ccccc1-6)C(C)(C)c1ccccc1-3)-c1ccccc1C4(C)C. The molecule has 0 fully saturated rings. The van der Waals surface area contributed by atoms with Gasteiger partial charge in [-0.15, -0.1) is 0 Å². The first-order chi connectivity index (χ1) is 30.3. The van der Waals surface area contributed by atoms with E-state index in [0.717, 1.165) is 0 Å². The van der Waals surface area contributed by atoms with Crippen molar-refractivity contribution in [1.29, 1.82) is 0 Å². The summed E-state index contributed by atoms with van der Waals surface area (Å²) < 4.78 is 0. The molecule has 0 aromatic heterocycles. The van der Waals surface area contributed by atoms with Gasteiger partial charge in [-0.25, -0.2) is 0 Å². The van der Waals surface area contributed by atoms with Crippen molar-refractivity contribution in [1.82, 2.24) is 0 Å². The third-order valence-corrected chi connectivity index (χ3v) is 17.5. The summed E-state index contributed by atoms with van der Waals surface area (Å²) in [6, 6.07) is 55.2. The molecule has 6 aliphatic rings. The highest BCUT2D eigenvalue weighted by Crippen LogP contribution is 2.62. The van der Waals surface area contributed by atoms with E-state index in [4.69, 9.17) is 0 Å². The van der Waals surface area contributed by atoms with Crippen molar-refractivity contribution in [3.05, 3.63) is 184 Å². The summed E-state index contributed by atoms with van der Waals surface area (Å²) in [5.41, 5.74) is 32.4. The smallest absolute Gasteiger partial charge is 0.0619 e. The lowest BCUT2D eigenvalue weighted by molar-refractivity contribution is 0.662. The van der Waals surface area contributed by atoms with Crippen molar-refractivity contribution in [3.63, 3.8) is 0 Å². The van der Waals surface area contributed by atoms with Crippen LogP contribution in [0.5, 0.6) is 0 Å². The molecule has 0 N–H and O–H groups in total. The fourth-order valence-corrected chi connectivity index (χ4v) is 15.1. The molecule has 9 aromatic rings. The van der Waals surface area contributed by atoms with E-state index in [-0.39, 0.29) is 28.4 Å². The Labute approximate surface area is 370 Å². The first-order valence-corrected chi connectivity index (χ1v) is 23.2. The summed E-state index contributed by atoms with van der Waals surface area (Å²) >= 11 is 0. The Morgan fingerprint density at radius 2 is 0.603 bits per heavy atom. The molecule has 4 aliphatic carbocycles. The van der Waals surface area contributed by atoms with Crippen LogP contribution in [0.25, 0.3) is 88.3 Å². The zero-order chi connectivity index (χ0) is 42.4. The molecule has 0 saturated heterocycles. The molecule has 0 amide bonds. The van der Waals surface area contributed by atoms with Crippen LogP contribution in [0.1, 0.15) is 99.9 Å². The van der Waals surface area contributed by atoms with Gasteiger partial charge in [-0.2, -0.15) is 0 Å². The minimum atomic E-state index is -0.173. The van der Waals surface area contributed by atoms with E-state index < -0.39 is 0 Å². The van der Waals surface area contributed by atoms with Gasteiger partial charge in [0, 0.05) is 21.7 Å². The van der Waals surface area contributed by atoms with Crippen LogP contribution < -0.4 is 16.4 Å². The predicted molar refractivity (Wildman–Crippen MR) is 267 cm³/mol. The summed E-state index contributed by atoms with van der Waals surface area (Å²) in [6.45, 7) is 19.9. The lowest BCUT2D eigenvalue weighted by Crippen LogP contribution is -2.58. The number of hydrogen-bond donors (Lipinski definition) is 0. The molecular formula is C62H47B. The molecule has 2 heterocycles. The first-order valence-electron chi connectivity index (χ1n) is 23.2. The second kappa shape index (κ2) is 10.7. The van der Waals surface area contributed by atoms with Gasteiger partial charge in [-0.3, -0.25) is 0 Å². The molecular weight excluding hydrogens is 755 g/mol. The highest BCUT2D eigenvalue weighted by atomic mass is 14.5. The zero-order valence-electron chi connectivity index (χ0n) is 37.4. The summed E-state index contributed by atoms with van der Waals surface area (Å²) in [4.78, 5) is 0. The second-order valence-electron chi connectivity index (χ2n) is 21.9. The number of hydrogen-bond acceptors (Lipinski definition) is 0. The fraction of sp³-hybridized carbons (Fsp3) is 0.194. The maximum atomic E-state index is 2.69. The quantitative estimate of drug-likeness (QED) is 0.134. The van der Waals surface area contributed by atoms with Crippen LogP contribution in [0, 0.1) is 0 Å². The Balaban J connectivity index is 1.19. The normalized spacial score (nSPS) is 17.7. The van der Waals surface area contributed by atoms with Crippen molar-refractivity contribution in [3.8, 4) is 66.8 Å². The maximum Gasteiger partial charge on any atom is 0.244 e. The third kappa shape index (κ3) is 3.70. The third-order valence-electron chi connectivity index (χ3n) is 17.5. The van der Waals surface area contributed by atoms with Gasteiger partial charge in [0.2, 0.25) is 6.71 Å². The molecule has 298 valence electrons. The topological polar surface area (TPSA) is 0 Å². The van der Waals surface area contributed by atoms with Gasteiger partial charge >= 0.3 is 0 Å². The van der Waals surface area contributed by atoms with Crippen LogP contribution in [0.15, 0.2) is 140 Å². The molecule has 0 spiro atoms. The Morgan fingerprint density at radius 3 is 0.968 bits per heavy atom. The number of fused-ring (bicyclic) bond motifs is 20. The van der Waals surface area contributed by atoms with Gasteiger partial charge in [-0.05, 0) is 145 Å². The van der Waals surface area contributed by atoms with E-state index >= 15 is 0 Å². The lowest BCUT2D eigenvalue weighted by Gasteiger charge is -2.40. The Kier molecular flexibility index (Phi) is 5.94. The molecule has 9 aromatic carbocycles. The first kappa shape index (κ1) is 35.1. The Hall–Kier alpha value is -6.44. The molecule has 0 unspecified atom stereocenters. The van der Waals surface area contributed by atoms with Gasteiger partial charge in [0.1, 0.15) is 0 Å². The van der Waals surface area contributed by atoms with Gasteiger partial charge < -0.3 is 0 Å². The van der Waals surface area contributed by atoms with E-state index in [0.29, 0.717) is 0 Å². The standard InChI is InChI=1S/C62H47B/c1-59(2)44-24-13-11-20-34(44)40-30-48-50-42(54(40)59)28-38-32-18-9-15-26-46(32)61(5,6)56(38)52(50)36-22-17-23-37-53-51-43(29-39-33-19-10-16-27-47(33)62(7,8)57(39)53)55-41(31-49(51)63(48)58(36)37)35-21-12-14-25-45(35)60(55,3)4/h9-31H,1-8H3. The lowest BCUT2D eigenvalue weighted by atomic mass is 9.30. The Bertz CT molecular complexity index is 3490. The molecule has 0 radical (unpaired) electrons. The predicted octanol–water partition coefficient (Wildman–Crippen LogP) is 13.7. The molecule has 0 saturated carbocycles. The highest BCUT2D eigenvalue weighted by molar-refractivity contribution is 7.01. The molecule has 0 atom stereocenters. The molecule has 2 aliphatic heterocycles. The van der Waals surface area contributed by atoms with Crippen molar-refractivity contribution in [2.45, 2.75) is 77.0 Å². The van der Waals surface area contributed by atoms with Crippen molar-refractivity contribution in [2.24, 2.45) is 0 Å². The van der Waals surface area contributed by atoms with Crippen LogP contribution >= 0.6 is 0 Å². The fourth-order valence-electron chi connectivity index (χ4n) is 15.1.